The second kappa shape index (κ2) is 12.0. The third-order valence-electron chi connectivity index (χ3n) is 5.04. The fraction of sp³-hybridized carbons (Fsp3) is 0.148. The summed E-state index contributed by atoms with van der Waals surface area (Å²) in [7, 11) is 1.46. The van der Waals surface area contributed by atoms with Crippen LogP contribution in [0.3, 0.4) is 0 Å². The van der Waals surface area contributed by atoms with E-state index in [1.807, 2.05) is 32.0 Å². The molecule has 0 atom stereocenters. The van der Waals surface area contributed by atoms with Gasteiger partial charge in [-0.05, 0) is 73.5 Å². The largest absolute Gasteiger partial charge is 0.493 e. The number of ether oxygens (including phenoxy) is 2. The van der Waals surface area contributed by atoms with Gasteiger partial charge in [0, 0.05) is 22.7 Å². The Hall–Kier alpha value is -4.44. The maximum atomic E-state index is 12.5. The van der Waals surface area contributed by atoms with Crippen molar-refractivity contribution in [3.8, 4) is 11.5 Å². The lowest BCUT2D eigenvalue weighted by Crippen LogP contribution is -2.17. The predicted octanol–water partition coefficient (Wildman–Crippen LogP) is 4.97. The Morgan fingerprint density at radius 1 is 1.03 bits per heavy atom. The van der Waals surface area contributed by atoms with Crippen LogP contribution in [-0.4, -0.2) is 35.2 Å². The van der Waals surface area contributed by atoms with Gasteiger partial charge in [-0.25, -0.2) is 20.2 Å². The van der Waals surface area contributed by atoms with E-state index in [0.717, 1.165) is 22.1 Å². The van der Waals surface area contributed by atoms with Crippen LogP contribution in [-0.2, 0) is 5.75 Å². The number of nitrogens with one attached hydrogen (secondary N) is 1. The molecule has 4 rings (SSSR count). The summed E-state index contributed by atoms with van der Waals surface area (Å²) in [6.07, 6.45) is 2.85. The third-order valence-corrected chi connectivity index (χ3v) is 5.96. The van der Waals surface area contributed by atoms with E-state index in [9.17, 15) is 9.59 Å². The van der Waals surface area contributed by atoms with Crippen molar-refractivity contribution in [2.75, 3.05) is 7.11 Å². The fourth-order valence-electron chi connectivity index (χ4n) is 3.28. The number of nitrogens with zero attached hydrogens (tertiary/aromatic N) is 3. The molecule has 0 fully saturated rings. The molecule has 1 amide bonds. The number of aromatic nitrogens is 2. The molecule has 10 heteroatoms. The van der Waals surface area contributed by atoms with E-state index in [1.54, 1.807) is 48.2 Å². The van der Waals surface area contributed by atoms with E-state index < -0.39 is 5.97 Å². The molecule has 0 aliphatic carbocycles. The van der Waals surface area contributed by atoms with Crippen LogP contribution < -0.4 is 14.9 Å². The first kappa shape index (κ1) is 25.6. The highest BCUT2D eigenvalue weighted by molar-refractivity contribution is 7.98. The maximum absolute atomic E-state index is 12.5. The Kier molecular flexibility index (Phi) is 8.32. The van der Waals surface area contributed by atoms with E-state index in [0.29, 0.717) is 22.6 Å². The van der Waals surface area contributed by atoms with Gasteiger partial charge in [0.2, 0.25) is 5.76 Å². The summed E-state index contributed by atoms with van der Waals surface area (Å²) in [5, 5.41) is 4.75. The van der Waals surface area contributed by atoms with E-state index in [2.05, 4.69) is 20.5 Å². The van der Waals surface area contributed by atoms with Crippen LogP contribution in [0.4, 0.5) is 0 Å². The summed E-state index contributed by atoms with van der Waals surface area (Å²) in [5.74, 6) is 0.349. The average molecular weight is 517 g/mol. The van der Waals surface area contributed by atoms with Crippen LogP contribution in [0.15, 0.2) is 81.6 Å². The van der Waals surface area contributed by atoms with Crippen molar-refractivity contribution >= 4 is 29.9 Å². The van der Waals surface area contributed by atoms with E-state index in [1.165, 1.54) is 25.7 Å². The molecule has 0 saturated carbocycles. The molecular weight excluding hydrogens is 492 g/mol. The number of carbonyl (C=O) groups excluding carboxylic acids is 2. The summed E-state index contributed by atoms with van der Waals surface area (Å²) in [6.45, 7) is 3.89. The number of hydrogen-bond acceptors (Lipinski definition) is 9. The molecule has 4 aromatic rings. The minimum atomic E-state index is -0.639. The average Bonchev–Trinajstić information content (AvgIpc) is 3.43. The van der Waals surface area contributed by atoms with Crippen molar-refractivity contribution in [1.82, 2.24) is 15.4 Å². The Morgan fingerprint density at radius 3 is 2.46 bits per heavy atom. The number of esters is 1. The van der Waals surface area contributed by atoms with Gasteiger partial charge in [-0.15, -0.1) is 0 Å². The predicted molar refractivity (Wildman–Crippen MR) is 139 cm³/mol. The minimum Gasteiger partial charge on any atom is -0.493 e. The summed E-state index contributed by atoms with van der Waals surface area (Å²) in [4.78, 5) is 33.4. The van der Waals surface area contributed by atoms with Crippen LogP contribution in [0, 0.1) is 13.8 Å². The number of hydrazone groups is 1. The van der Waals surface area contributed by atoms with Gasteiger partial charge in [-0.2, -0.15) is 5.10 Å². The molecule has 0 aliphatic heterocycles. The molecule has 37 heavy (non-hydrogen) atoms. The summed E-state index contributed by atoms with van der Waals surface area (Å²) < 4.78 is 15.7. The van der Waals surface area contributed by atoms with Gasteiger partial charge in [0.15, 0.2) is 16.7 Å². The summed E-state index contributed by atoms with van der Waals surface area (Å²) >= 11 is 1.55. The second-order valence-electron chi connectivity index (χ2n) is 7.90. The highest BCUT2D eigenvalue weighted by Crippen LogP contribution is 2.28. The molecule has 0 aliphatic rings. The van der Waals surface area contributed by atoms with E-state index >= 15 is 0 Å². The number of rotatable bonds is 9. The molecular formula is C27H24N4O5S. The zero-order valence-electron chi connectivity index (χ0n) is 20.4. The molecule has 188 valence electrons. The van der Waals surface area contributed by atoms with E-state index in [4.69, 9.17) is 13.9 Å². The molecule has 0 saturated heterocycles. The molecule has 0 radical (unpaired) electrons. The van der Waals surface area contributed by atoms with Crippen molar-refractivity contribution in [3.63, 3.8) is 0 Å². The van der Waals surface area contributed by atoms with Crippen LogP contribution in [0.5, 0.6) is 11.5 Å². The van der Waals surface area contributed by atoms with Crippen LogP contribution >= 0.6 is 11.8 Å². The number of hydrogen-bond donors (Lipinski definition) is 1. The van der Waals surface area contributed by atoms with Crippen molar-refractivity contribution < 1.29 is 23.5 Å². The number of furan rings is 1. The number of methoxy groups -OCH3 is 1. The highest BCUT2D eigenvalue weighted by Gasteiger charge is 2.15. The summed E-state index contributed by atoms with van der Waals surface area (Å²) in [6, 6.07) is 17.2. The zero-order valence-corrected chi connectivity index (χ0v) is 21.2. The number of amides is 1. The Labute approximate surface area is 217 Å². The quantitative estimate of drug-likeness (QED) is 0.0828. The highest BCUT2D eigenvalue weighted by atomic mass is 32.2. The van der Waals surface area contributed by atoms with Gasteiger partial charge in [-0.1, -0.05) is 23.9 Å². The number of benzene rings is 2. The molecule has 2 aromatic heterocycles. The second-order valence-corrected chi connectivity index (χ2v) is 8.84. The molecule has 1 N–H and O–H groups in total. The SMILES string of the molecule is COc1cc(/C=N\NC(=O)c2ccc(CSc3nc(C)cc(C)n3)cc2)ccc1OC(=O)c1ccco1. The fourth-order valence-corrected chi connectivity index (χ4v) is 4.19. The van der Waals surface area contributed by atoms with Crippen molar-refractivity contribution in [2.24, 2.45) is 5.10 Å². The lowest BCUT2D eigenvalue weighted by atomic mass is 10.1. The summed E-state index contributed by atoms with van der Waals surface area (Å²) in [5.41, 5.74) is 6.54. The topological polar surface area (TPSA) is 116 Å². The Balaban J connectivity index is 1.31. The zero-order chi connectivity index (χ0) is 26.2. The first-order chi connectivity index (χ1) is 17.9. The minimum absolute atomic E-state index is 0.0811. The number of carbonyl (C=O) groups is 2. The van der Waals surface area contributed by atoms with Crippen LogP contribution in [0.25, 0.3) is 0 Å². The smallest absolute Gasteiger partial charge is 0.379 e. The molecule has 9 nitrogen and oxygen atoms in total. The third kappa shape index (κ3) is 7.05. The van der Waals surface area contributed by atoms with Gasteiger partial charge < -0.3 is 13.9 Å². The Bertz CT molecular complexity index is 1400. The molecule has 0 bridgehead atoms. The lowest BCUT2D eigenvalue weighted by molar-refractivity contribution is 0.0696. The Morgan fingerprint density at radius 2 is 1.78 bits per heavy atom. The standard InChI is InChI=1S/C27H24N4O5S/c1-17-13-18(2)30-27(29-17)37-16-19-6-9-21(10-7-19)25(32)31-28-15-20-8-11-22(24(14-20)34-3)36-26(33)23-5-4-12-35-23/h4-15H,16H2,1-3H3,(H,31,32)/b28-15-. The van der Waals surface area contributed by atoms with Crippen LogP contribution in [0.1, 0.15) is 43.4 Å². The van der Waals surface area contributed by atoms with Gasteiger partial charge >= 0.3 is 5.97 Å². The van der Waals surface area contributed by atoms with Crippen molar-refractivity contribution in [1.29, 1.82) is 0 Å². The number of aryl methyl sites for hydroxylation is 2. The number of thioether (sulfide) groups is 1. The van der Waals surface area contributed by atoms with E-state index in [-0.39, 0.29) is 17.4 Å². The molecule has 2 aromatic carbocycles. The molecule has 0 spiro atoms. The van der Waals surface area contributed by atoms with Gasteiger partial charge in [0.25, 0.3) is 5.91 Å². The van der Waals surface area contributed by atoms with Gasteiger partial charge in [0.1, 0.15) is 0 Å². The maximum Gasteiger partial charge on any atom is 0.379 e. The normalized spacial score (nSPS) is 10.9. The van der Waals surface area contributed by atoms with Gasteiger partial charge in [-0.3, -0.25) is 4.79 Å². The van der Waals surface area contributed by atoms with Gasteiger partial charge in [0.05, 0.1) is 19.6 Å². The molecule has 2 heterocycles. The van der Waals surface area contributed by atoms with Crippen molar-refractivity contribution in [3.05, 3.63) is 101 Å². The van der Waals surface area contributed by atoms with Crippen molar-refractivity contribution in [2.45, 2.75) is 24.8 Å². The first-order valence-electron chi connectivity index (χ1n) is 11.2. The molecule has 0 unspecified atom stereocenters. The van der Waals surface area contributed by atoms with Crippen LogP contribution in [0.2, 0.25) is 0 Å². The lowest BCUT2D eigenvalue weighted by Gasteiger charge is -2.09. The first-order valence-corrected chi connectivity index (χ1v) is 12.2. The monoisotopic (exact) mass is 516 g/mol.